The molecule has 1 aromatic rings. The van der Waals surface area contributed by atoms with Crippen LogP contribution in [0.2, 0.25) is 0 Å². The number of nitrogens with zero attached hydrogens (tertiary/aromatic N) is 1. The summed E-state index contributed by atoms with van der Waals surface area (Å²) in [6.45, 7) is 0.206. The van der Waals surface area contributed by atoms with Crippen LogP contribution in [0.4, 0.5) is 4.79 Å². The lowest BCUT2D eigenvalue weighted by atomic mass is 9.99. The van der Waals surface area contributed by atoms with Crippen LogP contribution in [0.5, 0.6) is 0 Å². The van der Waals surface area contributed by atoms with Crippen LogP contribution < -0.4 is 5.32 Å². The van der Waals surface area contributed by atoms with E-state index >= 15 is 0 Å². The largest absolute Gasteiger partial charge is 0.361 e. The molecule has 25 heavy (non-hydrogen) atoms. The fourth-order valence-corrected chi connectivity index (χ4v) is 5.09. The van der Waals surface area contributed by atoms with E-state index in [0.29, 0.717) is 6.42 Å². The minimum atomic E-state index is -3.17. The van der Waals surface area contributed by atoms with Gasteiger partial charge in [-0.15, -0.1) is 0 Å². The van der Waals surface area contributed by atoms with Crippen LogP contribution in [-0.4, -0.2) is 56.6 Å². The van der Waals surface area contributed by atoms with Gasteiger partial charge < -0.3 is 4.74 Å². The smallest absolute Gasteiger partial charge is 0.326 e. The van der Waals surface area contributed by atoms with Crippen LogP contribution >= 0.6 is 0 Å². The Bertz CT molecular complexity index is 744. The Labute approximate surface area is 147 Å². The standard InChI is InChI=1S/C17H22N2O5S/c20-15-11-19(16(21)18-15)13-24-9-4-10-25(22,23)12-17(7-8-17)14-5-2-1-3-6-14/h1-3,5-6H,4,7-13H2,(H,18,20,21). The Kier molecular flexibility index (Phi) is 5.10. The van der Waals surface area contributed by atoms with Gasteiger partial charge in [-0.3, -0.25) is 15.0 Å². The number of amides is 3. The maximum atomic E-state index is 12.4. The summed E-state index contributed by atoms with van der Waals surface area (Å²) in [5.74, 6) is -0.119. The topological polar surface area (TPSA) is 92.8 Å². The van der Waals surface area contributed by atoms with Crippen molar-refractivity contribution < 1.29 is 22.7 Å². The summed E-state index contributed by atoms with van der Waals surface area (Å²) in [6, 6.07) is 9.32. The van der Waals surface area contributed by atoms with Gasteiger partial charge in [0.05, 0.1) is 11.5 Å². The van der Waals surface area contributed by atoms with E-state index in [2.05, 4.69) is 5.32 Å². The number of ether oxygens (including phenoxy) is 1. The number of urea groups is 1. The molecule has 3 amide bonds. The van der Waals surface area contributed by atoms with Gasteiger partial charge in [0.15, 0.2) is 9.84 Å². The number of hydrogen-bond donors (Lipinski definition) is 1. The van der Waals surface area contributed by atoms with Gasteiger partial charge in [-0.1, -0.05) is 30.3 Å². The van der Waals surface area contributed by atoms with Gasteiger partial charge in [-0.2, -0.15) is 0 Å². The number of benzene rings is 1. The third kappa shape index (κ3) is 4.58. The molecule has 1 aromatic carbocycles. The summed E-state index contributed by atoms with van der Waals surface area (Å²) in [6.07, 6.45) is 2.19. The van der Waals surface area contributed by atoms with Crippen molar-refractivity contribution in [2.45, 2.75) is 24.7 Å². The molecule has 7 nitrogen and oxygen atoms in total. The molecule has 1 N–H and O–H groups in total. The molecule has 0 atom stereocenters. The van der Waals surface area contributed by atoms with Gasteiger partial charge in [0.1, 0.15) is 13.3 Å². The third-order valence-electron chi connectivity index (χ3n) is 4.60. The Morgan fingerprint density at radius 1 is 1.16 bits per heavy atom. The van der Waals surface area contributed by atoms with E-state index in [1.807, 2.05) is 30.3 Å². The quantitative estimate of drug-likeness (QED) is 0.521. The minimum Gasteiger partial charge on any atom is -0.361 e. The molecule has 3 rings (SSSR count). The van der Waals surface area contributed by atoms with E-state index < -0.39 is 15.9 Å². The number of hydrogen-bond acceptors (Lipinski definition) is 5. The van der Waals surface area contributed by atoms with Crippen LogP contribution in [-0.2, 0) is 24.8 Å². The van der Waals surface area contributed by atoms with Crippen LogP contribution in [0.25, 0.3) is 0 Å². The second-order valence-corrected chi connectivity index (χ2v) is 8.86. The monoisotopic (exact) mass is 366 g/mol. The first kappa shape index (κ1) is 17.9. The Hall–Kier alpha value is -1.93. The molecule has 8 heteroatoms. The predicted molar refractivity (Wildman–Crippen MR) is 91.7 cm³/mol. The Balaban J connectivity index is 1.41. The van der Waals surface area contributed by atoms with E-state index in [0.717, 1.165) is 18.4 Å². The lowest BCUT2D eigenvalue weighted by Crippen LogP contribution is -2.30. The first-order valence-corrected chi connectivity index (χ1v) is 10.1. The molecule has 0 aromatic heterocycles. The van der Waals surface area contributed by atoms with E-state index in [-0.39, 0.29) is 42.7 Å². The number of imide groups is 1. The molecule has 2 aliphatic rings. The highest BCUT2D eigenvalue weighted by Crippen LogP contribution is 2.49. The summed E-state index contributed by atoms with van der Waals surface area (Å²) in [5, 5.41) is 2.15. The van der Waals surface area contributed by atoms with Gasteiger partial charge in [0, 0.05) is 12.0 Å². The van der Waals surface area contributed by atoms with Gasteiger partial charge in [0.25, 0.3) is 0 Å². The van der Waals surface area contributed by atoms with Crippen LogP contribution in [0.1, 0.15) is 24.8 Å². The molecule has 1 aliphatic heterocycles. The Morgan fingerprint density at radius 3 is 2.48 bits per heavy atom. The fourth-order valence-electron chi connectivity index (χ4n) is 3.09. The zero-order valence-corrected chi connectivity index (χ0v) is 14.8. The third-order valence-corrected chi connectivity index (χ3v) is 6.50. The first-order chi connectivity index (χ1) is 11.9. The number of carbonyl (C=O) groups excluding carboxylic acids is 2. The number of rotatable bonds is 9. The molecule has 0 unspecified atom stereocenters. The molecule has 0 bridgehead atoms. The summed E-state index contributed by atoms with van der Waals surface area (Å²) >= 11 is 0. The summed E-state index contributed by atoms with van der Waals surface area (Å²) in [4.78, 5) is 23.6. The molecule has 1 heterocycles. The highest BCUT2D eigenvalue weighted by molar-refractivity contribution is 7.91. The Morgan fingerprint density at radius 2 is 1.88 bits per heavy atom. The lowest BCUT2D eigenvalue weighted by Gasteiger charge is -2.16. The van der Waals surface area contributed by atoms with Gasteiger partial charge in [-0.25, -0.2) is 13.2 Å². The van der Waals surface area contributed by atoms with Crippen molar-refractivity contribution in [3.05, 3.63) is 35.9 Å². The summed E-state index contributed by atoms with van der Waals surface area (Å²) < 4.78 is 30.1. The van der Waals surface area contributed by atoms with Crippen molar-refractivity contribution in [1.29, 1.82) is 0 Å². The molecule has 2 fully saturated rings. The van der Waals surface area contributed by atoms with Crippen LogP contribution in [0.3, 0.4) is 0 Å². The molecule has 0 spiro atoms. The first-order valence-electron chi connectivity index (χ1n) is 8.33. The molecular formula is C17H22N2O5S. The summed E-state index contributed by atoms with van der Waals surface area (Å²) in [5.41, 5.74) is 0.883. The SMILES string of the molecule is O=C1CN(COCCCS(=O)(=O)CC2(c3ccccc3)CC2)C(=O)N1. The van der Waals surface area contributed by atoms with Crippen molar-refractivity contribution in [3.8, 4) is 0 Å². The maximum absolute atomic E-state index is 12.4. The number of sulfone groups is 1. The fraction of sp³-hybridized carbons (Fsp3) is 0.529. The van der Waals surface area contributed by atoms with Crippen LogP contribution in [0, 0.1) is 0 Å². The van der Waals surface area contributed by atoms with Crippen molar-refractivity contribution >= 4 is 21.8 Å². The van der Waals surface area contributed by atoms with Gasteiger partial charge in [0.2, 0.25) is 5.91 Å². The number of carbonyl (C=O) groups is 2. The van der Waals surface area contributed by atoms with E-state index in [9.17, 15) is 18.0 Å². The van der Waals surface area contributed by atoms with E-state index in [4.69, 9.17) is 4.74 Å². The second-order valence-electron chi connectivity index (χ2n) is 6.68. The average Bonchev–Trinajstić information content (AvgIpc) is 3.26. The van der Waals surface area contributed by atoms with Crippen molar-refractivity contribution in [2.24, 2.45) is 0 Å². The minimum absolute atomic E-state index is 0.00836. The second kappa shape index (κ2) is 7.13. The van der Waals surface area contributed by atoms with Gasteiger partial charge >= 0.3 is 6.03 Å². The van der Waals surface area contributed by atoms with Gasteiger partial charge in [-0.05, 0) is 24.8 Å². The predicted octanol–water partition coefficient (Wildman–Crippen LogP) is 1.05. The van der Waals surface area contributed by atoms with E-state index in [1.54, 1.807) is 0 Å². The highest BCUT2D eigenvalue weighted by Gasteiger charge is 2.47. The average molecular weight is 366 g/mol. The van der Waals surface area contributed by atoms with Crippen molar-refractivity contribution in [2.75, 3.05) is 31.4 Å². The zero-order valence-electron chi connectivity index (χ0n) is 13.9. The molecule has 0 radical (unpaired) electrons. The van der Waals surface area contributed by atoms with Crippen LogP contribution in [0.15, 0.2) is 30.3 Å². The highest BCUT2D eigenvalue weighted by atomic mass is 32.2. The normalized spacial score (nSPS) is 19.1. The number of nitrogens with one attached hydrogen (secondary N) is 1. The van der Waals surface area contributed by atoms with E-state index in [1.165, 1.54) is 4.90 Å². The maximum Gasteiger partial charge on any atom is 0.326 e. The summed E-state index contributed by atoms with van der Waals surface area (Å²) in [7, 11) is -3.17. The molecule has 1 aliphatic carbocycles. The zero-order chi connectivity index (χ0) is 17.9. The van der Waals surface area contributed by atoms with Crippen molar-refractivity contribution in [1.82, 2.24) is 10.2 Å². The molecule has 136 valence electrons. The lowest BCUT2D eigenvalue weighted by molar-refractivity contribution is -0.118. The molecule has 1 saturated carbocycles. The molecule has 1 saturated heterocycles. The van der Waals surface area contributed by atoms with Crippen molar-refractivity contribution in [3.63, 3.8) is 0 Å². The molecular weight excluding hydrogens is 344 g/mol.